The van der Waals surface area contributed by atoms with E-state index >= 15 is 0 Å². The van der Waals surface area contributed by atoms with Gasteiger partial charge in [-0.15, -0.1) is 0 Å². The number of benzene rings is 2. The van der Waals surface area contributed by atoms with Crippen molar-refractivity contribution >= 4 is 6.16 Å². The molecule has 22 heavy (non-hydrogen) atoms. The first kappa shape index (κ1) is 16.1. The van der Waals surface area contributed by atoms with E-state index in [9.17, 15) is 4.79 Å². The van der Waals surface area contributed by atoms with Crippen LogP contribution in [0.3, 0.4) is 0 Å². The molecule has 2 aromatic rings. The Labute approximate surface area is 131 Å². The van der Waals surface area contributed by atoms with Crippen molar-refractivity contribution in [1.82, 2.24) is 0 Å². The molecule has 0 aromatic heterocycles. The van der Waals surface area contributed by atoms with E-state index in [1.54, 1.807) is 12.1 Å². The zero-order valence-electron chi connectivity index (χ0n) is 13.2. The Bertz CT molecular complexity index is 566. The summed E-state index contributed by atoms with van der Waals surface area (Å²) in [6.45, 7) is 4.19. The molecule has 0 amide bonds. The second-order valence-electron chi connectivity index (χ2n) is 5.17. The van der Waals surface area contributed by atoms with Gasteiger partial charge in [-0.1, -0.05) is 63.1 Å². The predicted molar refractivity (Wildman–Crippen MR) is 87.5 cm³/mol. The van der Waals surface area contributed by atoms with Crippen LogP contribution in [-0.2, 0) is 12.8 Å². The second-order valence-corrected chi connectivity index (χ2v) is 5.17. The summed E-state index contributed by atoms with van der Waals surface area (Å²) < 4.78 is 10.7. The first-order chi connectivity index (χ1) is 10.7. The molecule has 3 heteroatoms. The minimum Gasteiger partial charge on any atom is -0.394 e. The summed E-state index contributed by atoms with van der Waals surface area (Å²) in [6, 6.07) is 15.1. The minimum absolute atomic E-state index is 0.572. The molecule has 0 unspecified atom stereocenters. The van der Waals surface area contributed by atoms with E-state index in [1.165, 1.54) is 0 Å². The third kappa shape index (κ3) is 4.35. The van der Waals surface area contributed by atoms with Gasteiger partial charge in [0, 0.05) is 0 Å². The normalized spacial score (nSPS) is 10.3. The zero-order valence-corrected chi connectivity index (χ0v) is 13.2. The number of aryl methyl sites for hydroxylation is 2. The molecule has 0 saturated carbocycles. The standard InChI is InChI=1S/C19H22O3/c1-3-9-15-11-5-7-13-17(15)21-19(20)22-18-14-8-6-12-16(18)10-4-2/h5-8,11-14H,3-4,9-10H2,1-2H3. The molecule has 0 radical (unpaired) electrons. The lowest BCUT2D eigenvalue weighted by Gasteiger charge is -2.11. The SMILES string of the molecule is CCCc1ccccc1OC(=O)Oc1ccccc1CCC. The van der Waals surface area contributed by atoms with E-state index in [1.807, 2.05) is 36.4 Å². The first-order valence-electron chi connectivity index (χ1n) is 7.80. The molecule has 0 bridgehead atoms. The molecule has 0 N–H and O–H groups in total. The van der Waals surface area contributed by atoms with Gasteiger partial charge >= 0.3 is 6.16 Å². The Balaban J connectivity index is 2.08. The molecule has 0 saturated heterocycles. The van der Waals surface area contributed by atoms with Crippen molar-refractivity contribution in [1.29, 1.82) is 0 Å². The fourth-order valence-electron chi connectivity index (χ4n) is 2.36. The Morgan fingerprint density at radius 3 is 1.59 bits per heavy atom. The third-order valence-electron chi connectivity index (χ3n) is 3.37. The predicted octanol–water partition coefficient (Wildman–Crippen LogP) is 5.17. The highest BCUT2D eigenvalue weighted by Crippen LogP contribution is 2.23. The number of hydrogen-bond donors (Lipinski definition) is 0. The third-order valence-corrected chi connectivity index (χ3v) is 3.37. The largest absolute Gasteiger partial charge is 0.519 e. The number of carbonyl (C=O) groups excluding carboxylic acids is 1. The Morgan fingerprint density at radius 1 is 0.773 bits per heavy atom. The molecule has 2 aromatic carbocycles. The van der Waals surface area contributed by atoms with Gasteiger partial charge < -0.3 is 9.47 Å². The number of rotatable bonds is 6. The Morgan fingerprint density at radius 2 is 1.18 bits per heavy atom. The average Bonchev–Trinajstić information content (AvgIpc) is 2.52. The highest BCUT2D eigenvalue weighted by molar-refractivity contribution is 5.68. The van der Waals surface area contributed by atoms with Crippen LogP contribution in [0.15, 0.2) is 48.5 Å². The fourth-order valence-corrected chi connectivity index (χ4v) is 2.36. The lowest BCUT2D eigenvalue weighted by Crippen LogP contribution is -2.15. The van der Waals surface area contributed by atoms with E-state index in [0.29, 0.717) is 11.5 Å². The van der Waals surface area contributed by atoms with Crippen LogP contribution in [0.5, 0.6) is 11.5 Å². The molecule has 3 nitrogen and oxygen atoms in total. The van der Waals surface area contributed by atoms with Gasteiger partial charge in [0.15, 0.2) is 0 Å². The lowest BCUT2D eigenvalue weighted by atomic mass is 10.1. The number of ether oxygens (including phenoxy) is 2. The van der Waals surface area contributed by atoms with Crippen LogP contribution in [0.4, 0.5) is 4.79 Å². The van der Waals surface area contributed by atoms with Crippen LogP contribution >= 0.6 is 0 Å². The van der Waals surface area contributed by atoms with Gasteiger partial charge in [-0.2, -0.15) is 0 Å². The maximum Gasteiger partial charge on any atom is 0.519 e. The molecular formula is C19H22O3. The van der Waals surface area contributed by atoms with Gasteiger partial charge in [0.05, 0.1) is 0 Å². The van der Waals surface area contributed by atoms with E-state index in [0.717, 1.165) is 36.8 Å². The van der Waals surface area contributed by atoms with Crippen molar-refractivity contribution in [3.05, 3.63) is 59.7 Å². The summed E-state index contributed by atoms with van der Waals surface area (Å²) in [7, 11) is 0. The molecule has 0 aliphatic carbocycles. The highest BCUT2D eigenvalue weighted by Gasteiger charge is 2.12. The first-order valence-corrected chi connectivity index (χ1v) is 7.80. The van der Waals surface area contributed by atoms with Gasteiger partial charge in [0.25, 0.3) is 0 Å². The zero-order chi connectivity index (χ0) is 15.8. The summed E-state index contributed by atoms with van der Waals surface area (Å²) in [5.74, 6) is 1.14. The monoisotopic (exact) mass is 298 g/mol. The number of para-hydroxylation sites is 2. The van der Waals surface area contributed by atoms with Gasteiger partial charge in [-0.3, -0.25) is 0 Å². The van der Waals surface area contributed by atoms with Crippen molar-refractivity contribution in [2.75, 3.05) is 0 Å². The van der Waals surface area contributed by atoms with Crippen LogP contribution in [0.1, 0.15) is 37.8 Å². The van der Waals surface area contributed by atoms with Crippen LogP contribution in [-0.4, -0.2) is 6.16 Å². The smallest absolute Gasteiger partial charge is 0.394 e. The van der Waals surface area contributed by atoms with Gasteiger partial charge in [0.2, 0.25) is 0 Å². The van der Waals surface area contributed by atoms with Crippen molar-refractivity contribution < 1.29 is 14.3 Å². The van der Waals surface area contributed by atoms with Crippen molar-refractivity contribution in [2.24, 2.45) is 0 Å². The van der Waals surface area contributed by atoms with E-state index in [2.05, 4.69) is 13.8 Å². The van der Waals surface area contributed by atoms with Crippen LogP contribution in [0.2, 0.25) is 0 Å². The molecule has 0 heterocycles. The van der Waals surface area contributed by atoms with Gasteiger partial charge in [-0.25, -0.2) is 4.79 Å². The van der Waals surface area contributed by atoms with Gasteiger partial charge in [-0.05, 0) is 36.1 Å². The van der Waals surface area contributed by atoms with Crippen molar-refractivity contribution in [2.45, 2.75) is 39.5 Å². The summed E-state index contributed by atoms with van der Waals surface area (Å²) in [6.07, 6.45) is 3.04. The molecule has 0 fully saturated rings. The molecule has 2 rings (SSSR count). The molecule has 0 aliphatic rings. The minimum atomic E-state index is -0.688. The molecule has 0 spiro atoms. The Hall–Kier alpha value is -2.29. The summed E-state index contributed by atoms with van der Waals surface area (Å²) in [5.41, 5.74) is 2.03. The highest BCUT2D eigenvalue weighted by atomic mass is 16.7. The molecular weight excluding hydrogens is 276 g/mol. The van der Waals surface area contributed by atoms with Crippen molar-refractivity contribution in [3.8, 4) is 11.5 Å². The molecule has 0 atom stereocenters. The topological polar surface area (TPSA) is 35.5 Å². The van der Waals surface area contributed by atoms with E-state index in [4.69, 9.17) is 9.47 Å². The Kier molecular flexibility index (Phi) is 6.01. The lowest BCUT2D eigenvalue weighted by molar-refractivity contribution is 0.151. The molecule has 116 valence electrons. The average molecular weight is 298 g/mol. The fraction of sp³-hybridized carbons (Fsp3) is 0.316. The van der Waals surface area contributed by atoms with Crippen LogP contribution in [0.25, 0.3) is 0 Å². The number of hydrogen-bond acceptors (Lipinski definition) is 3. The van der Waals surface area contributed by atoms with Gasteiger partial charge in [0.1, 0.15) is 11.5 Å². The summed E-state index contributed by atoms with van der Waals surface area (Å²) in [4.78, 5) is 12.1. The number of carbonyl (C=O) groups is 1. The quantitative estimate of drug-likeness (QED) is 0.545. The maximum absolute atomic E-state index is 12.1. The summed E-state index contributed by atoms with van der Waals surface area (Å²) >= 11 is 0. The second kappa shape index (κ2) is 8.23. The van der Waals surface area contributed by atoms with E-state index < -0.39 is 6.16 Å². The summed E-state index contributed by atoms with van der Waals surface area (Å²) in [5, 5.41) is 0. The van der Waals surface area contributed by atoms with Crippen LogP contribution < -0.4 is 9.47 Å². The van der Waals surface area contributed by atoms with Crippen LogP contribution in [0, 0.1) is 0 Å². The molecule has 0 aliphatic heterocycles. The van der Waals surface area contributed by atoms with E-state index in [-0.39, 0.29) is 0 Å². The maximum atomic E-state index is 12.1. The van der Waals surface area contributed by atoms with Crippen molar-refractivity contribution in [3.63, 3.8) is 0 Å².